The lowest BCUT2D eigenvalue weighted by Crippen LogP contribution is -2.20. The first-order valence-corrected chi connectivity index (χ1v) is 6.33. The largest absolute Gasteiger partial charge is 0.482 e. The van der Waals surface area contributed by atoms with Gasteiger partial charge in [-0.1, -0.05) is 12.1 Å². The van der Waals surface area contributed by atoms with Gasteiger partial charge in [0, 0.05) is 0 Å². The van der Waals surface area contributed by atoms with Gasteiger partial charge in [0.2, 0.25) is 0 Å². The van der Waals surface area contributed by atoms with Gasteiger partial charge in [0.05, 0.1) is 11.3 Å². The monoisotopic (exact) mass is 273 g/mol. The van der Waals surface area contributed by atoms with Crippen LogP contribution in [0.2, 0.25) is 0 Å². The number of nitrogens with one attached hydrogen (secondary N) is 1. The molecule has 0 bridgehead atoms. The third-order valence-corrected chi connectivity index (χ3v) is 3.15. The number of nitrogens with zero attached hydrogens (tertiary/aromatic N) is 1. The summed E-state index contributed by atoms with van der Waals surface area (Å²) in [6, 6.07) is 10.6. The summed E-state index contributed by atoms with van der Waals surface area (Å²) < 4.78 is 5.31. The van der Waals surface area contributed by atoms with Crippen LogP contribution in [-0.2, 0) is 4.79 Å². The number of nitriles is 1. The normalized spacial score (nSPS) is 9.63. The molecule has 1 aromatic heterocycles. The second kappa shape index (κ2) is 5.89. The molecule has 0 spiro atoms. The first-order valence-electron chi connectivity index (χ1n) is 5.45. The summed E-state index contributed by atoms with van der Waals surface area (Å²) >= 11 is 1.29. The van der Waals surface area contributed by atoms with Crippen LogP contribution in [0.4, 0.5) is 10.7 Å². The molecule has 2 aromatic rings. The van der Waals surface area contributed by atoms with Crippen molar-refractivity contribution in [3.8, 4) is 11.8 Å². The van der Waals surface area contributed by atoms with E-state index in [1.54, 1.807) is 35.7 Å². The number of anilines is 2. The van der Waals surface area contributed by atoms with E-state index in [0.717, 1.165) is 0 Å². The quantitative estimate of drug-likeness (QED) is 0.836. The van der Waals surface area contributed by atoms with Crippen molar-refractivity contribution in [3.05, 3.63) is 41.3 Å². The Morgan fingerprint density at radius 2 is 2.21 bits per heavy atom. The van der Waals surface area contributed by atoms with Crippen molar-refractivity contribution < 1.29 is 9.53 Å². The van der Waals surface area contributed by atoms with E-state index >= 15 is 0 Å². The molecule has 5 nitrogen and oxygen atoms in total. The Bertz CT molecular complexity index is 631. The highest BCUT2D eigenvalue weighted by Crippen LogP contribution is 2.22. The fraction of sp³-hybridized carbons (Fsp3) is 0.0769. The van der Waals surface area contributed by atoms with Crippen molar-refractivity contribution in [3.63, 3.8) is 0 Å². The van der Waals surface area contributed by atoms with Crippen LogP contribution >= 0.6 is 11.3 Å². The Hall–Kier alpha value is -2.52. The zero-order valence-corrected chi connectivity index (χ0v) is 10.7. The van der Waals surface area contributed by atoms with Gasteiger partial charge in [0.15, 0.2) is 6.61 Å². The number of nitrogens with two attached hydrogens (primary N) is 1. The summed E-state index contributed by atoms with van der Waals surface area (Å²) in [7, 11) is 0. The summed E-state index contributed by atoms with van der Waals surface area (Å²) in [5.41, 5.74) is 6.61. The zero-order valence-electron chi connectivity index (χ0n) is 9.92. The molecule has 1 aromatic carbocycles. The van der Waals surface area contributed by atoms with Crippen LogP contribution in [0.15, 0.2) is 35.7 Å². The predicted molar refractivity (Wildman–Crippen MR) is 74.0 cm³/mol. The lowest BCUT2D eigenvalue weighted by atomic mass is 10.3. The topological polar surface area (TPSA) is 88.1 Å². The molecule has 0 unspecified atom stereocenters. The maximum absolute atomic E-state index is 11.7. The highest BCUT2D eigenvalue weighted by atomic mass is 32.1. The fourth-order valence-electron chi connectivity index (χ4n) is 1.41. The van der Waals surface area contributed by atoms with Gasteiger partial charge in [0.25, 0.3) is 5.91 Å². The zero-order chi connectivity index (χ0) is 13.7. The van der Waals surface area contributed by atoms with Gasteiger partial charge in [-0.3, -0.25) is 4.79 Å². The summed E-state index contributed by atoms with van der Waals surface area (Å²) in [4.78, 5) is 11.7. The first kappa shape index (κ1) is 12.9. The minimum Gasteiger partial charge on any atom is -0.482 e. The van der Waals surface area contributed by atoms with Gasteiger partial charge in [0.1, 0.15) is 16.8 Å². The molecular formula is C13H11N3O2S. The van der Waals surface area contributed by atoms with E-state index in [0.29, 0.717) is 22.0 Å². The minimum absolute atomic E-state index is 0.156. The highest BCUT2D eigenvalue weighted by Gasteiger charge is 2.09. The van der Waals surface area contributed by atoms with Gasteiger partial charge in [-0.15, -0.1) is 11.3 Å². The number of ether oxygens (including phenoxy) is 1. The van der Waals surface area contributed by atoms with Gasteiger partial charge in [-0.05, 0) is 23.6 Å². The van der Waals surface area contributed by atoms with Crippen LogP contribution in [0.1, 0.15) is 5.56 Å². The second-order valence-electron chi connectivity index (χ2n) is 3.65. The minimum atomic E-state index is -0.331. The third kappa shape index (κ3) is 3.24. The number of carbonyl (C=O) groups excluding carboxylic acids is 1. The van der Waals surface area contributed by atoms with E-state index in [-0.39, 0.29) is 12.5 Å². The fourth-order valence-corrected chi connectivity index (χ4v) is 2.17. The number of hydrogen-bond donors (Lipinski definition) is 2. The van der Waals surface area contributed by atoms with E-state index in [2.05, 4.69) is 5.32 Å². The van der Waals surface area contributed by atoms with Crippen LogP contribution in [0.5, 0.6) is 5.75 Å². The number of nitrogen functional groups attached to an aromatic ring is 1. The number of rotatable bonds is 4. The van der Waals surface area contributed by atoms with Crippen molar-refractivity contribution in [1.82, 2.24) is 0 Å². The Labute approximate surface area is 114 Å². The lowest BCUT2D eigenvalue weighted by molar-refractivity contribution is -0.118. The van der Waals surface area contributed by atoms with Gasteiger partial charge in [-0.25, -0.2) is 0 Å². The molecule has 0 atom stereocenters. The highest BCUT2D eigenvalue weighted by molar-refractivity contribution is 7.14. The maximum atomic E-state index is 11.7. The summed E-state index contributed by atoms with van der Waals surface area (Å²) in [6.07, 6.45) is 0. The average molecular weight is 273 g/mol. The molecule has 0 fully saturated rings. The Balaban J connectivity index is 1.93. The van der Waals surface area contributed by atoms with Gasteiger partial charge >= 0.3 is 0 Å². The van der Waals surface area contributed by atoms with Crippen LogP contribution in [0.3, 0.4) is 0 Å². The first-order chi connectivity index (χ1) is 9.20. The molecule has 19 heavy (non-hydrogen) atoms. The molecule has 2 rings (SSSR count). The van der Waals surface area contributed by atoms with Crippen LogP contribution in [-0.4, -0.2) is 12.5 Å². The van der Waals surface area contributed by atoms with E-state index < -0.39 is 0 Å². The summed E-state index contributed by atoms with van der Waals surface area (Å²) in [5, 5.41) is 13.7. The lowest BCUT2D eigenvalue weighted by Gasteiger charge is -2.08. The summed E-state index contributed by atoms with van der Waals surface area (Å²) in [5.74, 6) is 0.131. The number of thiophene rings is 1. The van der Waals surface area contributed by atoms with E-state index in [1.807, 2.05) is 6.07 Å². The molecule has 96 valence electrons. The average Bonchev–Trinajstić information content (AvgIpc) is 2.85. The molecule has 6 heteroatoms. The number of hydrogen-bond acceptors (Lipinski definition) is 5. The van der Waals surface area contributed by atoms with Crippen molar-refractivity contribution in [2.75, 3.05) is 17.7 Å². The SMILES string of the molecule is N#Cc1ccsc1NC(=O)COc1ccccc1N. The maximum Gasteiger partial charge on any atom is 0.262 e. The Morgan fingerprint density at radius 1 is 1.42 bits per heavy atom. The van der Waals surface area contributed by atoms with Crippen LogP contribution in [0.25, 0.3) is 0 Å². The van der Waals surface area contributed by atoms with Gasteiger partial charge < -0.3 is 15.8 Å². The van der Waals surface area contributed by atoms with Gasteiger partial charge in [-0.2, -0.15) is 5.26 Å². The Kier molecular flexibility index (Phi) is 4.00. The molecule has 0 aliphatic carbocycles. The molecule has 1 heterocycles. The Morgan fingerprint density at radius 3 is 2.95 bits per heavy atom. The van der Waals surface area contributed by atoms with Crippen molar-refractivity contribution in [2.45, 2.75) is 0 Å². The molecule has 0 aliphatic rings. The summed E-state index contributed by atoms with van der Waals surface area (Å²) in [6.45, 7) is -0.156. The van der Waals surface area contributed by atoms with E-state index in [1.165, 1.54) is 11.3 Å². The van der Waals surface area contributed by atoms with Crippen molar-refractivity contribution in [1.29, 1.82) is 5.26 Å². The van der Waals surface area contributed by atoms with Crippen LogP contribution < -0.4 is 15.8 Å². The molecule has 0 saturated heterocycles. The standard InChI is InChI=1S/C13H11N3O2S/c14-7-9-5-6-19-13(9)16-12(17)8-18-11-4-2-1-3-10(11)15/h1-6H,8,15H2,(H,16,17). The number of carbonyl (C=O) groups is 1. The number of benzene rings is 1. The second-order valence-corrected chi connectivity index (χ2v) is 4.57. The predicted octanol–water partition coefficient (Wildman–Crippen LogP) is 2.22. The number of para-hydroxylation sites is 2. The third-order valence-electron chi connectivity index (χ3n) is 2.32. The molecule has 0 saturated carbocycles. The van der Waals surface area contributed by atoms with Crippen molar-refractivity contribution in [2.24, 2.45) is 0 Å². The van der Waals surface area contributed by atoms with Crippen molar-refractivity contribution >= 4 is 27.9 Å². The van der Waals surface area contributed by atoms with E-state index in [9.17, 15) is 4.79 Å². The smallest absolute Gasteiger partial charge is 0.262 e. The van der Waals surface area contributed by atoms with E-state index in [4.69, 9.17) is 15.7 Å². The molecule has 1 amide bonds. The van der Waals surface area contributed by atoms with Crippen LogP contribution in [0, 0.1) is 11.3 Å². The molecule has 0 aliphatic heterocycles. The number of amides is 1. The molecule has 0 radical (unpaired) electrons. The molecule has 3 N–H and O–H groups in total. The molecular weight excluding hydrogens is 262 g/mol.